The molecule has 3 aromatic rings. The molecule has 0 radical (unpaired) electrons. The largest absolute Gasteiger partial charge is 0.508 e. The molecule has 114 valence electrons. The van der Waals surface area contributed by atoms with E-state index in [9.17, 15) is 5.11 Å². The number of aryl methyl sites for hydroxylation is 1. The van der Waals surface area contributed by atoms with Crippen LogP contribution in [0.15, 0.2) is 42.5 Å². The highest BCUT2D eigenvalue weighted by molar-refractivity contribution is 5.86. The van der Waals surface area contributed by atoms with E-state index in [-0.39, 0.29) is 5.92 Å². The SMILES string of the molecule is CCCc1c(C(C)c2ccc(N)cc2)[nH]c2ccc(O)cc12. The molecule has 3 nitrogen and oxygen atoms in total. The normalized spacial score (nSPS) is 12.6. The van der Waals surface area contributed by atoms with Crippen molar-refractivity contribution in [3.8, 4) is 5.75 Å². The Hall–Kier alpha value is -2.42. The van der Waals surface area contributed by atoms with Gasteiger partial charge in [0.2, 0.25) is 0 Å². The molecule has 0 aliphatic rings. The molecule has 0 aliphatic heterocycles. The summed E-state index contributed by atoms with van der Waals surface area (Å²) in [7, 11) is 0. The summed E-state index contributed by atoms with van der Waals surface area (Å²) >= 11 is 0. The van der Waals surface area contributed by atoms with Crippen LogP contribution in [0.25, 0.3) is 10.9 Å². The summed E-state index contributed by atoms with van der Waals surface area (Å²) in [5, 5.41) is 10.9. The standard InChI is InChI=1S/C19H22N2O/c1-3-4-16-17-11-15(22)9-10-18(17)21-19(16)12(2)13-5-7-14(20)8-6-13/h5-12,21-22H,3-4,20H2,1-2H3. The molecule has 0 amide bonds. The van der Waals surface area contributed by atoms with Gasteiger partial charge in [-0.05, 0) is 47.9 Å². The lowest BCUT2D eigenvalue weighted by molar-refractivity contribution is 0.476. The first-order chi connectivity index (χ1) is 10.6. The van der Waals surface area contributed by atoms with Crippen molar-refractivity contribution in [3.63, 3.8) is 0 Å². The Morgan fingerprint density at radius 2 is 1.86 bits per heavy atom. The van der Waals surface area contributed by atoms with Crippen LogP contribution in [0.1, 0.15) is 43.0 Å². The monoisotopic (exact) mass is 294 g/mol. The number of aromatic nitrogens is 1. The molecule has 0 fully saturated rings. The number of fused-ring (bicyclic) bond motifs is 1. The van der Waals surface area contributed by atoms with Crippen LogP contribution in [0, 0.1) is 0 Å². The molecule has 4 N–H and O–H groups in total. The van der Waals surface area contributed by atoms with Gasteiger partial charge in [0, 0.05) is 28.2 Å². The molecule has 0 saturated heterocycles. The van der Waals surface area contributed by atoms with Gasteiger partial charge in [-0.3, -0.25) is 0 Å². The fourth-order valence-electron chi connectivity index (χ4n) is 3.10. The minimum Gasteiger partial charge on any atom is -0.508 e. The van der Waals surface area contributed by atoms with E-state index in [0.29, 0.717) is 5.75 Å². The smallest absolute Gasteiger partial charge is 0.116 e. The fraction of sp³-hybridized carbons (Fsp3) is 0.263. The number of nitrogens with one attached hydrogen (secondary N) is 1. The molecular formula is C19H22N2O. The number of nitrogens with two attached hydrogens (primary N) is 1. The van der Waals surface area contributed by atoms with Gasteiger partial charge in [0.25, 0.3) is 0 Å². The Morgan fingerprint density at radius 3 is 2.55 bits per heavy atom. The third kappa shape index (κ3) is 2.54. The predicted molar refractivity (Wildman–Crippen MR) is 92.3 cm³/mol. The van der Waals surface area contributed by atoms with E-state index in [1.54, 1.807) is 6.07 Å². The van der Waals surface area contributed by atoms with Gasteiger partial charge >= 0.3 is 0 Å². The maximum absolute atomic E-state index is 9.79. The van der Waals surface area contributed by atoms with Crippen molar-refractivity contribution in [2.75, 3.05) is 5.73 Å². The number of benzene rings is 2. The van der Waals surface area contributed by atoms with Crippen LogP contribution in [0.4, 0.5) is 5.69 Å². The van der Waals surface area contributed by atoms with Gasteiger partial charge in [-0.2, -0.15) is 0 Å². The summed E-state index contributed by atoms with van der Waals surface area (Å²) in [6.45, 7) is 4.38. The van der Waals surface area contributed by atoms with Crippen molar-refractivity contribution in [1.82, 2.24) is 4.98 Å². The number of rotatable bonds is 4. The van der Waals surface area contributed by atoms with Crippen molar-refractivity contribution >= 4 is 16.6 Å². The first-order valence-electron chi connectivity index (χ1n) is 7.79. The molecule has 0 spiro atoms. The summed E-state index contributed by atoms with van der Waals surface area (Å²) in [6.07, 6.45) is 2.07. The first-order valence-corrected chi connectivity index (χ1v) is 7.79. The number of aromatic amines is 1. The van der Waals surface area contributed by atoms with Crippen LogP contribution in [-0.4, -0.2) is 10.1 Å². The van der Waals surface area contributed by atoms with E-state index >= 15 is 0 Å². The van der Waals surface area contributed by atoms with Gasteiger partial charge in [0.15, 0.2) is 0 Å². The Kier molecular flexibility index (Phi) is 3.80. The van der Waals surface area contributed by atoms with E-state index in [1.165, 1.54) is 16.8 Å². The van der Waals surface area contributed by atoms with Gasteiger partial charge in [-0.15, -0.1) is 0 Å². The van der Waals surface area contributed by atoms with Crippen LogP contribution in [0.2, 0.25) is 0 Å². The van der Waals surface area contributed by atoms with Crippen molar-refractivity contribution in [2.24, 2.45) is 0 Å². The maximum atomic E-state index is 9.79. The second-order valence-electron chi connectivity index (χ2n) is 5.89. The van der Waals surface area contributed by atoms with Crippen LogP contribution in [0.3, 0.4) is 0 Å². The van der Waals surface area contributed by atoms with Gasteiger partial charge < -0.3 is 15.8 Å². The number of hydrogen-bond donors (Lipinski definition) is 3. The minimum absolute atomic E-state index is 0.261. The third-order valence-corrected chi connectivity index (χ3v) is 4.29. The first kappa shape index (κ1) is 14.5. The Balaban J connectivity index is 2.12. The molecule has 1 aromatic heterocycles. The molecular weight excluding hydrogens is 272 g/mol. The number of H-pyrrole nitrogens is 1. The van der Waals surface area contributed by atoms with Crippen LogP contribution in [0.5, 0.6) is 5.75 Å². The quantitative estimate of drug-likeness (QED) is 0.618. The average Bonchev–Trinajstić information content (AvgIpc) is 2.86. The highest BCUT2D eigenvalue weighted by Gasteiger charge is 2.18. The van der Waals surface area contributed by atoms with Gasteiger partial charge in [-0.1, -0.05) is 32.4 Å². The summed E-state index contributed by atoms with van der Waals surface area (Å²) < 4.78 is 0. The lowest BCUT2D eigenvalue weighted by Gasteiger charge is -2.13. The Morgan fingerprint density at radius 1 is 1.14 bits per heavy atom. The van der Waals surface area contributed by atoms with E-state index in [0.717, 1.165) is 29.4 Å². The highest BCUT2D eigenvalue weighted by Crippen LogP contribution is 2.34. The number of hydrogen-bond acceptors (Lipinski definition) is 2. The summed E-state index contributed by atoms with van der Waals surface area (Å²) in [6, 6.07) is 13.6. The molecule has 1 heterocycles. The number of nitrogen functional groups attached to an aromatic ring is 1. The molecule has 0 saturated carbocycles. The second-order valence-corrected chi connectivity index (χ2v) is 5.89. The number of phenolic OH excluding ortho intramolecular Hbond substituents is 1. The van der Waals surface area contributed by atoms with E-state index in [4.69, 9.17) is 5.73 Å². The zero-order valence-electron chi connectivity index (χ0n) is 13.1. The van der Waals surface area contributed by atoms with Crippen molar-refractivity contribution in [2.45, 2.75) is 32.6 Å². The van der Waals surface area contributed by atoms with Gasteiger partial charge in [0.05, 0.1) is 0 Å². The molecule has 0 bridgehead atoms. The van der Waals surface area contributed by atoms with E-state index < -0.39 is 0 Å². The second kappa shape index (κ2) is 5.76. The number of aromatic hydroxyl groups is 1. The summed E-state index contributed by atoms with van der Waals surface area (Å²) in [4.78, 5) is 3.55. The lowest BCUT2D eigenvalue weighted by Crippen LogP contribution is -2.01. The molecule has 1 unspecified atom stereocenters. The van der Waals surface area contributed by atoms with Crippen molar-refractivity contribution in [3.05, 3.63) is 59.3 Å². The molecule has 0 aliphatic carbocycles. The lowest BCUT2D eigenvalue weighted by atomic mass is 9.92. The van der Waals surface area contributed by atoms with E-state index in [2.05, 4.69) is 31.0 Å². The van der Waals surface area contributed by atoms with Crippen molar-refractivity contribution in [1.29, 1.82) is 0 Å². The fourth-order valence-corrected chi connectivity index (χ4v) is 3.10. The minimum atomic E-state index is 0.261. The molecule has 1 atom stereocenters. The average molecular weight is 294 g/mol. The third-order valence-electron chi connectivity index (χ3n) is 4.29. The molecule has 3 heteroatoms. The highest BCUT2D eigenvalue weighted by atomic mass is 16.3. The number of anilines is 1. The van der Waals surface area contributed by atoms with Crippen LogP contribution >= 0.6 is 0 Å². The van der Waals surface area contributed by atoms with Crippen molar-refractivity contribution < 1.29 is 5.11 Å². The van der Waals surface area contributed by atoms with E-state index in [1.807, 2.05) is 24.3 Å². The Labute approximate surface area is 130 Å². The van der Waals surface area contributed by atoms with Crippen LogP contribution in [-0.2, 0) is 6.42 Å². The predicted octanol–water partition coefficient (Wildman–Crippen LogP) is 4.56. The molecule has 3 rings (SSSR count). The van der Waals surface area contributed by atoms with Gasteiger partial charge in [-0.25, -0.2) is 0 Å². The zero-order chi connectivity index (χ0) is 15.7. The molecule has 2 aromatic carbocycles. The van der Waals surface area contributed by atoms with Crippen LogP contribution < -0.4 is 5.73 Å². The maximum Gasteiger partial charge on any atom is 0.116 e. The summed E-state index contributed by atoms with van der Waals surface area (Å²) in [5.74, 6) is 0.576. The summed E-state index contributed by atoms with van der Waals surface area (Å²) in [5.41, 5.74) is 11.4. The Bertz CT molecular complexity index is 787. The topological polar surface area (TPSA) is 62.0 Å². The van der Waals surface area contributed by atoms with Gasteiger partial charge in [0.1, 0.15) is 5.75 Å². The number of phenols is 1. The zero-order valence-corrected chi connectivity index (χ0v) is 13.1. The molecule has 22 heavy (non-hydrogen) atoms.